The average Bonchev–Trinajstić information content (AvgIpc) is 3.15. The fraction of sp³-hybridized carbons (Fsp3) is 0.122. The maximum absolute atomic E-state index is 14.8. The molecule has 0 saturated carbocycles. The Labute approximate surface area is 335 Å². The zero-order valence-corrected chi connectivity index (χ0v) is 32.0. The summed E-state index contributed by atoms with van der Waals surface area (Å²) >= 11 is 0. The molecule has 0 atom stereocenters. The van der Waals surface area contributed by atoms with E-state index in [0.29, 0.717) is 5.69 Å². The highest BCUT2D eigenvalue weighted by Crippen LogP contribution is 2.40. The number of nitrogens with one attached hydrogen (secondary N) is 1. The topological polar surface area (TPSA) is 126 Å². The van der Waals surface area contributed by atoms with Crippen LogP contribution in [-0.2, 0) is 22.4 Å². The monoisotopic (exact) mass is 860 g/mol. The van der Waals surface area contributed by atoms with Gasteiger partial charge in [-0.15, -0.1) is 0 Å². The van der Waals surface area contributed by atoms with Crippen molar-refractivity contribution in [3.05, 3.63) is 143 Å². The van der Waals surface area contributed by atoms with Crippen LogP contribution in [0.25, 0.3) is 21.8 Å². The molecule has 60 heavy (non-hydrogen) atoms. The number of sulfonamides is 1. The molecule has 0 aliphatic heterocycles. The minimum absolute atomic E-state index is 0.0149. The van der Waals surface area contributed by atoms with Crippen molar-refractivity contribution < 1.29 is 62.1 Å². The van der Waals surface area contributed by atoms with Gasteiger partial charge in [0.15, 0.2) is 34.7 Å². The number of ether oxygens (including phenoxy) is 3. The van der Waals surface area contributed by atoms with Crippen molar-refractivity contribution in [2.75, 3.05) is 17.6 Å². The molecular formula is C41H29F9N4O5S. The molecule has 0 fully saturated rings. The number of aryl methyl sites for hydroxylation is 2. The van der Waals surface area contributed by atoms with Gasteiger partial charge in [0.05, 0.1) is 39.9 Å². The largest absolute Gasteiger partial charge is 0.494 e. The molecule has 0 radical (unpaired) electrons. The molecule has 2 aromatic heterocycles. The van der Waals surface area contributed by atoms with Crippen LogP contribution >= 0.6 is 0 Å². The minimum atomic E-state index is -4.66. The Morgan fingerprint density at radius 2 is 1.05 bits per heavy atom. The number of alkyl halides is 6. The van der Waals surface area contributed by atoms with Crippen LogP contribution in [0.5, 0.6) is 28.7 Å². The lowest BCUT2D eigenvalue weighted by Gasteiger charge is -2.15. The number of nitrogen functional groups attached to an aromatic ring is 1. The molecule has 7 rings (SSSR count). The first kappa shape index (κ1) is 42.8. The fourth-order valence-electron chi connectivity index (χ4n) is 5.82. The molecule has 2 heterocycles. The number of nitrogens with zero attached hydrogens (tertiary/aromatic N) is 2. The van der Waals surface area contributed by atoms with Crippen LogP contribution in [0.4, 0.5) is 50.9 Å². The summed E-state index contributed by atoms with van der Waals surface area (Å²) in [6, 6.07) is 19.8. The number of anilines is 2. The third kappa shape index (κ3) is 9.41. The van der Waals surface area contributed by atoms with Crippen molar-refractivity contribution in [1.29, 1.82) is 0 Å². The molecule has 9 nitrogen and oxygen atoms in total. The second-order valence-corrected chi connectivity index (χ2v) is 14.5. The number of nitrogens with two attached hydrogens (primary N) is 1. The minimum Gasteiger partial charge on any atom is -0.494 e. The van der Waals surface area contributed by atoms with Gasteiger partial charge in [-0.1, -0.05) is 12.1 Å². The number of methoxy groups -OCH3 is 1. The van der Waals surface area contributed by atoms with E-state index in [-0.39, 0.29) is 67.6 Å². The van der Waals surface area contributed by atoms with Crippen LogP contribution in [0.2, 0.25) is 0 Å². The summed E-state index contributed by atoms with van der Waals surface area (Å²) < 4.78 is 165. The van der Waals surface area contributed by atoms with Crippen LogP contribution in [0, 0.1) is 31.3 Å². The summed E-state index contributed by atoms with van der Waals surface area (Å²) in [5.74, 6) is -3.22. The smallest absolute Gasteiger partial charge is 0.418 e. The molecule has 0 amide bonds. The van der Waals surface area contributed by atoms with Gasteiger partial charge in [0.25, 0.3) is 10.0 Å². The van der Waals surface area contributed by atoms with Crippen molar-refractivity contribution in [3.63, 3.8) is 0 Å². The van der Waals surface area contributed by atoms with Gasteiger partial charge in [0.1, 0.15) is 11.5 Å². The molecule has 0 unspecified atom stereocenters. The maximum atomic E-state index is 14.8. The second-order valence-electron chi connectivity index (χ2n) is 12.9. The molecule has 0 saturated heterocycles. The number of rotatable bonds is 8. The quantitative estimate of drug-likeness (QED) is 0.114. The van der Waals surface area contributed by atoms with Crippen molar-refractivity contribution in [2.45, 2.75) is 31.1 Å². The molecule has 0 aliphatic carbocycles. The van der Waals surface area contributed by atoms with Gasteiger partial charge in [0, 0.05) is 52.1 Å². The highest BCUT2D eigenvalue weighted by Gasteiger charge is 2.35. The molecule has 19 heteroatoms. The zero-order chi connectivity index (χ0) is 43.7. The number of hydrogen-bond acceptors (Lipinski definition) is 8. The van der Waals surface area contributed by atoms with Crippen LogP contribution in [0.3, 0.4) is 0 Å². The summed E-state index contributed by atoms with van der Waals surface area (Å²) in [5.41, 5.74) is 3.62. The first-order valence-electron chi connectivity index (χ1n) is 17.2. The van der Waals surface area contributed by atoms with Gasteiger partial charge in [0.2, 0.25) is 0 Å². The zero-order valence-electron chi connectivity index (χ0n) is 31.1. The van der Waals surface area contributed by atoms with Gasteiger partial charge in [-0.3, -0.25) is 14.7 Å². The van der Waals surface area contributed by atoms with Crippen LogP contribution in [0.1, 0.15) is 22.5 Å². The molecule has 312 valence electrons. The summed E-state index contributed by atoms with van der Waals surface area (Å²) in [7, 11) is -3.05. The summed E-state index contributed by atoms with van der Waals surface area (Å²) in [4.78, 5) is 7.51. The highest BCUT2D eigenvalue weighted by atomic mass is 32.2. The van der Waals surface area contributed by atoms with Crippen LogP contribution < -0.4 is 24.7 Å². The number of para-hydroxylation sites is 2. The van der Waals surface area contributed by atoms with Gasteiger partial charge in [-0.05, 0) is 80.6 Å². The normalized spacial score (nSPS) is 11.9. The fourth-order valence-corrected chi connectivity index (χ4v) is 6.88. The summed E-state index contributed by atoms with van der Waals surface area (Å²) in [5, 5.41) is 0.160. The lowest BCUT2D eigenvalue weighted by Crippen LogP contribution is -2.13. The maximum Gasteiger partial charge on any atom is 0.418 e. The Kier molecular flexibility index (Phi) is 11.8. The van der Waals surface area contributed by atoms with Gasteiger partial charge in [-0.25, -0.2) is 21.6 Å². The molecule has 0 bridgehead atoms. The summed E-state index contributed by atoms with van der Waals surface area (Å²) in [6.07, 6.45) is -9.21. The number of hydrogen-bond donors (Lipinski definition) is 2. The van der Waals surface area contributed by atoms with E-state index >= 15 is 0 Å². The van der Waals surface area contributed by atoms with E-state index in [0.717, 1.165) is 48.5 Å². The van der Waals surface area contributed by atoms with Crippen molar-refractivity contribution >= 4 is 43.2 Å². The Balaban J connectivity index is 0.000000218. The van der Waals surface area contributed by atoms with Gasteiger partial charge >= 0.3 is 12.4 Å². The molecule has 0 spiro atoms. The van der Waals surface area contributed by atoms with E-state index in [1.165, 1.54) is 68.6 Å². The first-order valence-corrected chi connectivity index (χ1v) is 18.6. The Bertz CT molecular complexity index is 2870. The van der Waals surface area contributed by atoms with Crippen molar-refractivity contribution in [1.82, 2.24) is 9.97 Å². The van der Waals surface area contributed by atoms with E-state index < -0.39 is 55.8 Å². The Morgan fingerprint density at radius 1 is 0.583 bits per heavy atom. The van der Waals surface area contributed by atoms with E-state index in [4.69, 9.17) is 19.9 Å². The lowest BCUT2D eigenvalue weighted by atomic mass is 10.1. The predicted molar refractivity (Wildman–Crippen MR) is 204 cm³/mol. The number of aromatic nitrogens is 2. The Morgan fingerprint density at radius 3 is 1.50 bits per heavy atom. The number of halogens is 9. The number of fused-ring (bicyclic) bond motifs is 2. The molecule has 0 aliphatic rings. The predicted octanol–water partition coefficient (Wildman–Crippen LogP) is 11.5. The standard InChI is InChI=1S/C24H17F5N2O4S.C17H12F4N2O/c1-13-10-22(16-4-3-5-17(23(16)30-13)24(27,28)29)35-21-8-6-14(11-18(21)25)31-36(32,33)15-7-9-20(34-2)19(26)12-15;1-9-7-15(24-14-6-5-10(22)8-13(14)18)11-3-2-4-12(16(11)23-9)17(19,20)21/h3-12,31H,1-2H3;2-8H,22H2,1H3. The molecule has 5 aromatic carbocycles. The summed E-state index contributed by atoms with van der Waals surface area (Å²) in [6.45, 7) is 3.01. The van der Waals surface area contributed by atoms with Gasteiger partial charge < -0.3 is 19.9 Å². The highest BCUT2D eigenvalue weighted by molar-refractivity contribution is 7.92. The Hall–Kier alpha value is -6.76. The third-order valence-corrected chi connectivity index (χ3v) is 9.86. The van der Waals surface area contributed by atoms with Crippen molar-refractivity contribution in [3.8, 4) is 28.7 Å². The SMILES string of the molecule is COc1ccc(S(=O)(=O)Nc2ccc(Oc3cc(C)nc4c(C(F)(F)F)cccc34)c(F)c2)cc1F.Cc1cc(Oc2ccc(N)cc2F)c2cccc(C(F)(F)F)c2n1. The van der Waals surface area contributed by atoms with Crippen molar-refractivity contribution in [2.24, 2.45) is 0 Å². The van der Waals surface area contributed by atoms with E-state index in [2.05, 4.69) is 14.7 Å². The second kappa shape index (κ2) is 16.5. The molecule has 7 aromatic rings. The van der Waals surface area contributed by atoms with E-state index in [1.54, 1.807) is 6.92 Å². The number of pyridine rings is 2. The van der Waals surface area contributed by atoms with Gasteiger partial charge in [-0.2, -0.15) is 26.3 Å². The van der Waals surface area contributed by atoms with Crippen LogP contribution in [-0.4, -0.2) is 25.5 Å². The van der Waals surface area contributed by atoms with E-state index in [1.807, 2.05) is 0 Å². The molecular weight excluding hydrogens is 832 g/mol. The molecule has 3 N–H and O–H groups in total. The average molecular weight is 861 g/mol. The first-order chi connectivity index (χ1) is 28.1. The number of benzene rings is 5. The van der Waals surface area contributed by atoms with E-state index in [9.17, 15) is 47.9 Å². The third-order valence-electron chi connectivity index (χ3n) is 8.48. The van der Waals surface area contributed by atoms with Crippen LogP contribution in [0.15, 0.2) is 108 Å². The lowest BCUT2D eigenvalue weighted by molar-refractivity contribution is -0.137.